The van der Waals surface area contributed by atoms with Gasteiger partial charge in [-0.05, 0) is 40.2 Å². The number of aromatic nitrogens is 2. The highest BCUT2D eigenvalue weighted by atomic mass is 79.9. The summed E-state index contributed by atoms with van der Waals surface area (Å²) in [7, 11) is 3.24. The average Bonchev–Trinajstić information content (AvgIpc) is 2.91. The van der Waals surface area contributed by atoms with E-state index >= 15 is 0 Å². The van der Waals surface area contributed by atoms with E-state index in [1.807, 2.05) is 30.3 Å². The molecule has 6 heteroatoms. The Morgan fingerprint density at radius 1 is 1.05 bits per heavy atom. The Balaban J connectivity index is 2.18. The second-order valence-electron chi connectivity index (χ2n) is 4.47. The fraction of sp³-hybridized carbons (Fsp3) is 0.133. The molecule has 3 rings (SSSR count). The lowest BCUT2D eigenvalue weighted by Gasteiger charge is -2.06. The van der Waals surface area contributed by atoms with Crippen molar-refractivity contribution in [1.82, 2.24) is 9.97 Å². The lowest BCUT2D eigenvalue weighted by atomic mass is 10.2. The molecule has 0 saturated heterocycles. The first-order valence-corrected chi connectivity index (χ1v) is 7.36. The number of nitrogens with zero attached hydrogens (tertiary/aromatic N) is 1. The number of benzene rings is 2. The lowest BCUT2D eigenvalue weighted by Crippen LogP contribution is -1.89. The van der Waals surface area contributed by atoms with Crippen molar-refractivity contribution < 1.29 is 9.47 Å². The van der Waals surface area contributed by atoms with Crippen molar-refractivity contribution in [2.75, 3.05) is 14.2 Å². The summed E-state index contributed by atoms with van der Waals surface area (Å²) in [6.45, 7) is 0. The van der Waals surface area contributed by atoms with Gasteiger partial charge >= 0.3 is 0 Å². The highest BCUT2D eigenvalue weighted by Gasteiger charge is 2.11. The van der Waals surface area contributed by atoms with Crippen LogP contribution in [0.3, 0.4) is 0 Å². The fourth-order valence-corrected chi connectivity index (χ4v) is 3.02. The summed E-state index contributed by atoms with van der Waals surface area (Å²) in [4.78, 5) is 7.86. The third-order valence-electron chi connectivity index (χ3n) is 3.13. The minimum atomic E-state index is 0.646. The van der Waals surface area contributed by atoms with Crippen molar-refractivity contribution in [2.24, 2.45) is 0 Å². The zero-order valence-corrected chi connectivity index (χ0v) is 13.7. The maximum atomic E-state index is 6.06. The number of ether oxygens (including phenoxy) is 2. The van der Waals surface area contributed by atoms with Crippen molar-refractivity contribution in [1.29, 1.82) is 0 Å². The van der Waals surface area contributed by atoms with E-state index in [4.69, 9.17) is 21.1 Å². The largest absolute Gasteiger partial charge is 0.497 e. The zero-order valence-electron chi connectivity index (χ0n) is 11.4. The van der Waals surface area contributed by atoms with Crippen LogP contribution >= 0.6 is 27.5 Å². The van der Waals surface area contributed by atoms with Crippen molar-refractivity contribution in [3.8, 4) is 22.9 Å². The van der Waals surface area contributed by atoms with E-state index in [0.29, 0.717) is 16.5 Å². The van der Waals surface area contributed by atoms with Gasteiger partial charge in [0.1, 0.15) is 22.8 Å². The number of nitrogens with one attached hydrogen (secondary N) is 1. The molecule has 0 bridgehead atoms. The van der Waals surface area contributed by atoms with Crippen LogP contribution in [0.1, 0.15) is 0 Å². The van der Waals surface area contributed by atoms with Gasteiger partial charge in [-0.15, -0.1) is 0 Å². The van der Waals surface area contributed by atoms with Gasteiger partial charge in [-0.3, -0.25) is 0 Å². The number of imidazole rings is 1. The SMILES string of the molecule is COc1cc(OC)cc(-c2nc3c(Br)cc(Cl)cc3[nH]2)c1. The van der Waals surface area contributed by atoms with Crippen molar-refractivity contribution in [3.63, 3.8) is 0 Å². The molecule has 0 aliphatic heterocycles. The van der Waals surface area contributed by atoms with Gasteiger partial charge in [0.25, 0.3) is 0 Å². The molecule has 0 radical (unpaired) electrons. The molecule has 0 aliphatic carbocycles. The molecule has 1 aromatic heterocycles. The number of fused-ring (bicyclic) bond motifs is 1. The number of methoxy groups -OCH3 is 2. The maximum absolute atomic E-state index is 6.06. The molecule has 1 heterocycles. The number of hydrogen-bond acceptors (Lipinski definition) is 3. The fourth-order valence-electron chi connectivity index (χ4n) is 2.12. The van der Waals surface area contributed by atoms with E-state index in [2.05, 4.69) is 25.9 Å². The Kier molecular flexibility index (Phi) is 3.78. The third-order valence-corrected chi connectivity index (χ3v) is 3.95. The van der Waals surface area contributed by atoms with Gasteiger partial charge in [0, 0.05) is 21.1 Å². The molecular weight excluding hydrogens is 356 g/mol. The number of hydrogen-bond donors (Lipinski definition) is 1. The van der Waals surface area contributed by atoms with Gasteiger partial charge in [-0.2, -0.15) is 0 Å². The molecule has 0 atom stereocenters. The number of H-pyrrole nitrogens is 1. The molecule has 0 fully saturated rings. The Hall–Kier alpha value is -1.72. The average molecular weight is 368 g/mol. The van der Waals surface area contributed by atoms with E-state index in [9.17, 15) is 0 Å². The Labute approximate surface area is 135 Å². The van der Waals surface area contributed by atoms with Gasteiger partial charge in [0.15, 0.2) is 0 Å². The highest BCUT2D eigenvalue weighted by molar-refractivity contribution is 9.10. The van der Waals surface area contributed by atoms with Gasteiger partial charge in [0.05, 0.1) is 19.7 Å². The summed E-state index contributed by atoms with van der Waals surface area (Å²) in [5.74, 6) is 2.15. The molecule has 0 aliphatic rings. The van der Waals surface area contributed by atoms with Crippen molar-refractivity contribution >= 4 is 38.6 Å². The monoisotopic (exact) mass is 366 g/mol. The number of halogens is 2. The van der Waals surface area contributed by atoms with Crippen LogP contribution in [0.5, 0.6) is 11.5 Å². The molecule has 108 valence electrons. The molecule has 1 N–H and O–H groups in total. The molecule has 2 aromatic carbocycles. The molecule has 21 heavy (non-hydrogen) atoms. The van der Waals surface area contributed by atoms with Crippen LogP contribution in [0.25, 0.3) is 22.4 Å². The molecule has 0 amide bonds. The first kappa shape index (κ1) is 14.2. The standard InChI is InChI=1S/C15H12BrClN2O2/c1-20-10-3-8(4-11(7-10)21-2)15-18-13-6-9(17)5-12(16)14(13)19-15/h3-7H,1-2H3,(H,18,19). The Morgan fingerprint density at radius 2 is 1.71 bits per heavy atom. The van der Waals surface area contributed by atoms with Crippen molar-refractivity contribution in [2.45, 2.75) is 0 Å². The smallest absolute Gasteiger partial charge is 0.138 e. The molecular formula is C15H12BrClN2O2. The summed E-state index contributed by atoms with van der Waals surface area (Å²) in [5.41, 5.74) is 2.58. The summed E-state index contributed by atoms with van der Waals surface area (Å²) in [6.07, 6.45) is 0. The van der Waals surface area contributed by atoms with Crippen molar-refractivity contribution in [3.05, 3.63) is 39.8 Å². The zero-order chi connectivity index (χ0) is 15.0. The molecule has 3 aromatic rings. The van der Waals surface area contributed by atoms with Gasteiger partial charge in [0.2, 0.25) is 0 Å². The highest BCUT2D eigenvalue weighted by Crippen LogP contribution is 2.32. The van der Waals surface area contributed by atoms with E-state index in [1.54, 1.807) is 14.2 Å². The van der Waals surface area contributed by atoms with Crippen LogP contribution < -0.4 is 9.47 Å². The van der Waals surface area contributed by atoms with Crippen LogP contribution in [-0.4, -0.2) is 24.2 Å². The molecule has 0 spiro atoms. The number of rotatable bonds is 3. The summed E-state index contributed by atoms with van der Waals surface area (Å²) < 4.78 is 11.4. The second kappa shape index (κ2) is 5.58. The van der Waals surface area contributed by atoms with Crippen LogP contribution in [-0.2, 0) is 0 Å². The summed E-state index contributed by atoms with van der Waals surface area (Å²) in [6, 6.07) is 9.28. The lowest BCUT2D eigenvalue weighted by molar-refractivity contribution is 0.394. The predicted molar refractivity (Wildman–Crippen MR) is 87.3 cm³/mol. The van der Waals surface area contributed by atoms with Crippen LogP contribution in [0, 0.1) is 0 Å². The molecule has 4 nitrogen and oxygen atoms in total. The first-order chi connectivity index (χ1) is 10.1. The second-order valence-corrected chi connectivity index (χ2v) is 5.76. The normalized spacial score (nSPS) is 10.9. The maximum Gasteiger partial charge on any atom is 0.138 e. The summed E-state index contributed by atoms with van der Waals surface area (Å²) in [5, 5.41) is 0.646. The van der Waals surface area contributed by atoms with E-state index in [1.165, 1.54) is 0 Å². The van der Waals surface area contributed by atoms with E-state index in [-0.39, 0.29) is 0 Å². The molecule has 0 saturated carbocycles. The van der Waals surface area contributed by atoms with Crippen LogP contribution in [0.15, 0.2) is 34.8 Å². The third kappa shape index (κ3) is 2.71. The van der Waals surface area contributed by atoms with Crippen LogP contribution in [0.4, 0.5) is 0 Å². The Morgan fingerprint density at radius 3 is 2.33 bits per heavy atom. The quantitative estimate of drug-likeness (QED) is 0.732. The Bertz CT molecular complexity index is 795. The first-order valence-electron chi connectivity index (χ1n) is 6.19. The topological polar surface area (TPSA) is 47.1 Å². The summed E-state index contributed by atoms with van der Waals surface area (Å²) >= 11 is 9.53. The van der Waals surface area contributed by atoms with E-state index < -0.39 is 0 Å². The molecule has 0 unspecified atom stereocenters. The number of aromatic amines is 1. The van der Waals surface area contributed by atoms with Gasteiger partial charge < -0.3 is 14.5 Å². The van der Waals surface area contributed by atoms with Crippen LogP contribution in [0.2, 0.25) is 5.02 Å². The van der Waals surface area contributed by atoms with Gasteiger partial charge in [-0.1, -0.05) is 11.6 Å². The van der Waals surface area contributed by atoms with E-state index in [0.717, 1.165) is 26.9 Å². The minimum Gasteiger partial charge on any atom is -0.497 e. The predicted octanol–water partition coefficient (Wildman–Crippen LogP) is 4.66. The van der Waals surface area contributed by atoms with Gasteiger partial charge in [-0.25, -0.2) is 4.98 Å². The minimum absolute atomic E-state index is 0.646.